The standard InChI is InChI=1S/C6H9BN2/c1-4-3-5(2)9-6(7)8-4/h3H,7H2,1-2H3. The minimum atomic E-state index is 0.854. The fourth-order valence-corrected chi connectivity index (χ4v) is 0.902. The molecule has 0 atom stereocenters. The summed E-state index contributed by atoms with van der Waals surface area (Å²) in [5.74, 6) is 0. The molecule has 0 aromatic carbocycles. The van der Waals surface area contributed by atoms with E-state index in [0.29, 0.717) is 0 Å². The van der Waals surface area contributed by atoms with Crippen molar-refractivity contribution in [3.8, 4) is 0 Å². The van der Waals surface area contributed by atoms with Crippen molar-refractivity contribution < 1.29 is 0 Å². The third-order valence-electron chi connectivity index (χ3n) is 1.09. The lowest BCUT2D eigenvalue weighted by atomic mass is 10.1. The Kier molecular flexibility index (Phi) is 1.51. The van der Waals surface area contributed by atoms with E-state index >= 15 is 0 Å². The van der Waals surface area contributed by atoms with Crippen LogP contribution in [0.4, 0.5) is 0 Å². The van der Waals surface area contributed by atoms with Crippen molar-refractivity contribution in [3.05, 3.63) is 17.5 Å². The van der Waals surface area contributed by atoms with Gasteiger partial charge in [0.2, 0.25) is 0 Å². The third-order valence-corrected chi connectivity index (χ3v) is 1.09. The fraction of sp³-hybridized carbons (Fsp3) is 0.333. The minimum Gasteiger partial charge on any atom is -0.250 e. The average molecular weight is 120 g/mol. The molecule has 0 radical (unpaired) electrons. The van der Waals surface area contributed by atoms with Crippen molar-refractivity contribution in [1.29, 1.82) is 0 Å². The minimum absolute atomic E-state index is 0.854. The lowest BCUT2D eigenvalue weighted by Crippen LogP contribution is -2.14. The highest BCUT2D eigenvalue weighted by molar-refractivity contribution is 6.28. The molecule has 0 fully saturated rings. The number of hydrogen-bond donors (Lipinski definition) is 0. The molecule has 0 aliphatic carbocycles. The number of nitrogens with zero attached hydrogens (tertiary/aromatic N) is 2. The highest BCUT2D eigenvalue weighted by Crippen LogP contribution is 1.90. The zero-order chi connectivity index (χ0) is 6.85. The molecule has 1 heterocycles. The maximum atomic E-state index is 4.12. The van der Waals surface area contributed by atoms with Crippen LogP contribution >= 0.6 is 0 Å². The highest BCUT2D eigenvalue weighted by atomic mass is 14.9. The first kappa shape index (κ1) is 6.27. The van der Waals surface area contributed by atoms with Crippen molar-refractivity contribution in [1.82, 2.24) is 9.97 Å². The molecule has 46 valence electrons. The van der Waals surface area contributed by atoms with Gasteiger partial charge in [-0.15, -0.1) is 0 Å². The van der Waals surface area contributed by atoms with Gasteiger partial charge in [0.1, 0.15) is 0 Å². The fourth-order valence-electron chi connectivity index (χ4n) is 0.902. The van der Waals surface area contributed by atoms with E-state index in [1.807, 2.05) is 27.8 Å². The molecule has 1 aromatic rings. The predicted molar refractivity (Wildman–Crippen MR) is 39.7 cm³/mol. The summed E-state index contributed by atoms with van der Waals surface area (Å²) in [6.45, 7) is 3.95. The van der Waals surface area contributed by atoms with Crippen LogP contribution in [0.2, 0.25) is 0 Å². The highest BCUT2D eigenvalue weighted by Gasteiger charge is 1.90. The first-order valence-electron chi connectivity index (χ1n) is 2.97. The van der Waals surface area contributed by atoms with Crippen LogP contribution in [-0.4, -0.2) is 17.8 Å². The van der Waals surface area contributed by atoms with Crippen molar-refractivity contribution in [2.24, 2.45) is 0 Å². The smallest absolute Gasteiger partial charge is 0.189 e. The van der Waals surface area contributed by atoms with E-state index in [9.17, 15) is 0 Å². The van der Waals surface area contributed by atoms with Crippen molar-refractivity contribution in [3.63, 3.8) is 0 Å². The van der Waals surface area contributed by atoms with Crippen molar-refractivity contribution >= 4 is 13.6 Å². The number of aromatic nitrogens is 2. The van der Waals surface area contributed by atoms with Gasteiger partial charge in [-0.05, 0) is 19.9 Å². The van der Waals surface area contributed by atoms with Crippen LogP contribution in [0, 0.1) is 13.8 Å². The molecular weight excluding hydrogens is 111 g/mol. The van der Waals surface area contributed by atoms with Crippen LogP contribution in [-0.2, 0) is 0 Å². The molecule has 0 unspecified atom stereocenters. The number of aryl methyl sites for hydroxylation is 2. The second kappa shape index (κ2) is 2.17. The van der Waals surface area contributed by atoms with Gasteiger partial charge in [-0.2, -0.15) is 0 Å². The molecule has 0 bridgehead atoms. The summed E-state index contributed by atoms with van der Waals surface area (Å²) in [7, 11) is 1.90. The Morgan fingerprint density at radius 2 is 1.67 bits per heavy atom. The Morgan fingerprint density at radius 1 is 1.22 bits per heavy atom. The van der Waals surface area contributed by atoms with E-state index in [0.717, 1.165) is 17.1 Å². The normalized spacial score (nSPS) is 9.56. The van der Waals surface area contributed by atoms with E-state index in [4.69, 9.17) is 0 Å². The summed E-state index contributed by atoms with van der Waals surface area (Å²) < 4.78 is 0. The number of hydrogen-bond acceptors (Lipinski definition) is 2. The third kappa shape index (κ3) is 1.52. The molecular formula is C6H9BN2. The zero-order valence-electron chi connectivity index (χ0n) is 5.97. The van der Waals surface area contributed by atoms with Gasteiger partial charge < -0.3 is 0 Å². The van der Waals surface area contributed by atoms with Gasteiger partial charge in [0.05, 0.1) is 5.72 Å². The van der Waals surface area contributed by atoms with Crippen LogP contribution in [0.3, 0.4) is 0 Å². The van der Waals surface area contributed by atoms with Gasteiger partial charge in [0.15, 0.2) is 7.85 Å². The molecule has 0 spiro atoms. The molecule has 2 nitrogen and oxygen atoms in total. The van der Waals surface area contributed by atoms with Gasteiger partial charge in [0.25, 0.3) is 0 Å². The van der Waals surface area contributed by atoms with E-state index in [2.05, 4.69) is 9.97 Å². The second-order valence-electron chi connectivity index (χ2n) is 2.20. The Labute approximate surface area is 55.8 Å². The van der Waals surface area contributed by atoms with Crippen molar-refractivity contribution in [2.75, 3.05) is 0 Å². The quantitative estimate of drug-likeness (QED) is 0.425. The lowest BCUT2D eigenvalue weighted by Gasteiger charge is -1.95. The summed E-state index contributed by atoms with van der Waals surface area (Å²) >= 11 is 0. The largest absolute Gasteiger partial charge is 0.250 e. The lowest BCUT2D eigenvalue weighted by molar-refractivity contribution is 1.10. The van der Waals surface area contributed by atoms with Gasteiger partial charge >= 0.3 is 0 Å². The van der Waals surface area contributed by atoms with Gasteiger partial charge in [-0.3, -0.25) is 0 Å². The first-order chi connectivity index (χ1) is 4.18. The monoisotopic (exact) mass is 120 g/mol. The maximum Gasteiger partial charge on any atom is 0.189 e. The van der Waals surface area contributed by atoms with E-state index < -0.39 is 0 Å². The molecule has 0 N–H and O–H groups in total. The van der Waals surface area contributed by atoms with Crippen LogP contribution in [0.1, 0.15) is 11.4 Å². The Bertz CT molecular complexity index is 172. The van der Waals surface area contributed by atoms with Gasteiger partial charge in [-0.1, -0.05) is 0 Å². The summed E-state index contributed by atoms with van der Waals surface area (Å²) in [6.07, 6.45) is 0. The molecule has 0 saturated carbocycles. The predicted octanol–water partition coefficient (Wildman–Crippen LogP) is -0.648. The Morgan fingerprint density at radius 3 is 2.00 bits per heavy atom. The summed E-state index contributed by atoms with van der Waals surface area (Å²) in [4.78, 5) is 8.25. The Hall–Kier alpha value is -0.855. The molecule has 0 amide bonds. The molecule has 9 heavy (non-hydrogen) atoms. The molecule has 1 rings (SSSR count). The second-order valence-corrected chi connectivity index (χ2v) is 2.20. The summed E-state index contributed by atoms with van der Waals surface area (Å²) in [5.41, 5.74) is 2.94. The van der Waals surface area contributed by atoms with Gasteiger partial charge in [-0.25, -0.2) is 9.97 Å². The van der Waals surface area contributed by atoms with Gasteiger partial charge in [0, 0.05) is 11.4 Å². The average Bonchev–Trinajstić information content (AvgIpc) is 1.59. The van der Waals surface area contributed by atoms with E-state index in [-0.39, 0.29) is 0 Å². The van der Waals surface area contributed by atoms with E-state index in [1.54, 1.807) is 0 Å². The summed E-state index contributed by atoms with van der Waals surface area (Å²) in [5, 5.41) is 0. The molecule has 0 aliphatic rings. The van der Waals surface area contributed by atoms with Crippen LogP contribution < -0.4 is 5.72 Å². The van der Waals surface area contributed by atoms with Crippen molar-refractivity contribution in [2.45, 2.75) is 13.8 Å². The molecule has 3 heteroatoms. The SMILES string of the molecule is Bc1nc(C)cc(C)n1. The molecule has 0 aliphatic heterocycles. The first-order valence-corrected chi connectivity index (χ1v) is 2.97. The molecule has 0 saturated heterocycles. The van der Waals surface area contributed by atoms with E-state index in [1.165, 1.54) is 0 Å². The topological polar surface area (TPSA) is 25.8 Å². The maximum absolute atomic E-state index is 4.12. The summed E-state index contributed by atoms with van der Waals surface area (Å²) in [6, 6.07) is 1.97. The van der Waals surface area contributed by atoms with Crippen LogP contribution in [0.5, 0.6) is 0 Å². The zero-order valence-corrected chi connectivity index (χ0v) is 5.97. The molecule has 1 aromatic heterocycles. The number of rotatable bonds is 0. The Balaban J connectivity index is 3.17. The van der Waals surface area contributed by atoms with Crippen LogP contribution in [0.15, 0.2) is 6.07 Å². The van der Waals surface area contributed by atoms with Crippen LogP contribution in [0.25, 0.3) is 0 Å².